The molecule has 0 radical (unpaired) electrons. The average Bonchev–Trinajstić information content (AvgIpc) is 2.46. The Morgan fingerprint density at radius 3 is 2.79 bits per heavy atom. The molecule has 0 N–H and O–H groups in total. The molecule has 0 unspecified atom stereocenters. The fourth-order valence-corrected chi connectivity index (χ4v) is 1.88. The number of hydrogen-bond donors (Lipinski definition) is 0. The van der Waals surface area contributed by atoms with Gasteiger partial charge in [-0.2, -0.15) is 0 Å². The number of aryl methyl sites for hydroxylation is 2. The SMILES string of the molecule is Cc1cc2c(Cl)c(C=O)ccc2n1C. The predicted octanol–water partition coefficient (Wildman–Crippen LogP) is 2.95. The number of fused-ring (bicyclic) bond motifs is 1. The predicted molar refractivity (Wildman–Crippen MR) is 58.1 cm³/mol. The van der Waals surface area contributed by atoms with E-state index >= 15 is 0 Å². The quantitative estimate of drug-likeness (QED) is 0.659. The van der Waals surface area contributed by atoms with Gasteiger partial charge in [0.2, 0.25) is 0 Å². The van der Waals surface area contributed by atoms with Crippen molar-refractivity contribution in [1.82, 2.24) is 4.57 Å². The number of benzene rings is 1. The van der Waals surface area contributed by atoms with E-state index in [2.05, 4.69) is 4.57 Å². The minimum atomic E-state index is 0.543. The number of hydrogen-bond acceptors (Lipinski definition) is 1. The van der Waals surface area contributed by atoms with Crippen molar-refractivity contribution in [3.8, 4) is 0 Å². The first-order valence-electron chi connectivity index (χ1n) is 4.35. The average molecular weight is 208 g/mol. The van der Waals surface area contributed by atoms with Gasteiger partial charge in [-0.05, 0) is 25.1 Å². The maximum atomic E-state index is 10.7. The first-order chi connectivity index (χ1) is 6.65. The molecule has 0 fully saturated rings. The Morgan fingerprint density at radius 1 is 1.43 bits per heavy atom. The third kappa shape index (κ3) is 1.15. The Morgan fingerprint density at radius 2 is 2.14 bits per heavy atom. The first-order valence-corrected chi connectivity index (χ1v) is 4.72. The number of nitrogens with zero attached hydrogens (tertiary/aromatic N) is 1. The lowest BCUT2D eigenvalue weighted by Crippen LogP contribution is -1.89. The molecule has 72 valence electrons. The van der Waals surface area contributed by atoms with Crippen LogP contribution in [0.3, 0.4) is 0 Å². The van der Waals surface area contributed by atoms with Gasteiger partial charge in [-0.1, -0.05) is 11.6 Å². The van der Waals surface area contributed by atoms with Crippen LogP contribution in [0.15, 0.2) is 18.2 Å². The minimum Gasteiger partial charge on any atom is -0.348 e. The zero-order chi connectivity index (χ0) is 10.3. The van der Waals surface area contributed by atoms with Crippen molar-refractivity contribution in [2.45, 2.75) is 6.92 Å². The maximum Gasteiger partial charge on any atom is 0.151 e. The monoisotopic (exact) mass is 207 g/mol. The summed E-state index contributed by atoms with van der Waals surface area (Å²) in [6.45, 7) is 2.01. The van der Waals surface area contributed by atoms with E-state index in [1.165, 1.54) is 0 Å². The Labute approximate surface area is 87.1 Å². The van der Waals surface area contributed by atoms with Gasteiger partial charge in [-0.25, -0.2) is 0 Å². The number of halogens is 1. The van der Waals surface area contributed by atoms with Gasteiger partial charge in [0.25, 0.3) is 0 Å². The molecule has 0 aliphatic carbocycles. The third-order valence-corrected chi connectivity index (χ3v) is 2.98. The van der Waals surface area contributed by atoms with Crippen LogP contribution in [0.4, 0.5) is 0 Å². The smallest absolute Gasteiger partial charge is 0.151 e. The topological polar surface area (TPSA) is 22.0 Å². The van der Waals surface area contributed by atoms with E-state index in [4.69, 9.17) is 11.6 Å². The second-order valence-electron chi connectivity index (χ2n) is 3.36. The van der Waals surface area contributed by atoms with Crippen LogP contribution in [-0.4, -0.2) is 10.9 Å². The van der Waals surface area contributed by atoms with Crippen molar-refractivity contribution in [3.63, 3.8) is 0 Å². The fraction of sp³-hybridized carbons (Fsp3) is 0.182. The van der Waals surface area contributed by atoms with Crippen molar-refractivity contribution < 1.29 is 4.79 Å². The second-order valence-corrected chi connectivity index (χ2v) is 3.74. The molecule has 0 saturated carbocycles. The van der Waals surface area contributed by atoms with E-state index in [0.29, 0.717) is 10.6 Å². The normalized spacial score (nSPS) is 10.8. The summed E-state index contributed by atoms with van der Waals surface area (Å²) in [5, 5.41) is 1.48. The highest BCUT2D eigenvalue weighted by Crippen LogP contribution is 2.28. The molecule has 0 aliphatic rings. The summed E-state index contributed by atoms with van der Waals surface area (Å²) in [6, 6.07) is 5.65. The second kappa shape index (κ2) is 3.14. The van der Waals surface area contributed by atoms with Gasteiger partial charge in [0, 0.05) is 29.2 Å². The molecule has 2 nitrogen and oxygen atoms in total. The van der Waals surface area contributed by atoms with Crippen LogP contribution in [0.5, 0.6) is 0 Å². The van der Waals surface area contributed by atoms with E-state index in [1.54, 1.807) is 6.07 Å². The van der Waals surface area contributed by atoms with Gasteiger partial charge in [0.1, 0.15) is 0 Å². The lowest BCUT2D eigenvalue weighted by atomic mass is 10.2. The summed E-state index contributed by atoms with van der Waals surface area (Å²) in [4.78, 5) is 10.7. The van der Waals surface area contributed by atoms with Crippen LogP contribution < -0.4 is 0 Å². The van der Waals surface area contributed by atoms with Crippen molar-refractivity contribution in [3.05, 3.63) is 34.5 Å². The lowest BCUT2D eigenvalue weighted by Gasteiger charge is -2.00. The number of aromatic nitrogens is 1. The molecule has 1 heterocycles. The zero-order valence-corrected chi connectivity index (χ0v) is 8.80. The van der Waals surface area contributed by atoms with Gasteiger partial charge in [0.05, 0.1) is 5.02 Å². The number of aldehydes is 1. The van der Waals surface area contributed by atoms with Gasteiger partial charge in [0.15, 0.2) is 6.29 Å². The zero-order valence-electron chi connectivity index (χ0n) is 8.04. The summed E-state index contributed by atoms with van der Waals surface area (Å²) >= 11 is 6.08. The summed E-state index contributed by atoms with van der Waals surface area (Å²) in [5.74, 6) is 0. The largest absolute Gasteiger partial charge is 0.348 e. The molecule has 2 rings (SSSR count). The van der Waals surface area contributed by atoms with E-state index in [1.807, 2.05) is 26.1 Å². The standard InChI is InChI=1S/C11H10ClNO/c1-7-5-9-10(13(7)2)4-3-8(6-14)11(9)12/h3-6H,1-2H3. The van der Waals surface area contributed by atoms with Gasteiger partial charge in [-0.15, -0.1) is 0 Å². The molecular formula is C11H10ClNO. The van der Waals surface area contributed by atoms with Crippen LogP contribution in [0.25, 0.3) is 10.9 Å². The molecule has 3 heteroatoms. The Balaban J connectivity index is 2.90. The highest BCUT2D eigenvalue weighted by Gasteiger charge is 2.08. The van der Waals surface area contributed by atoms with E-state index in [0.717, 1.165) is 22.9 Å². The molecule has 0 saturated heterocycles. The molecule has 14 heavy (non-hydrogen) atoms. The van der Waals surface area contributed by atoms with E-state index < -0.39 is 0 Å². The lowest BCUT2D eigenvalue weighted by molar-refractivity contribution is 0.112. The van der Waals surface area contributed by atoms with Crippen molar-refractivity contribution >= 4 is 28.8 Å². The molecule has 0 spiro atoms. The van der Waals surface area contributed by atoms with Crippen LogP contribution in [0.2, 0.25) is 5.02 Å². The van der Waals surface area contributed by atoms with Crippen LogP contribution in [0, 0.1) is 6.92 Å². The first kappa shape index (κ1) is 9.28. The summed E-state index contributed by atoms with van der Waals surface area (Å²) < 4.78 is 2.05. The Hall–Kier alpha value is -1.28. The van der Waals surface area contributed by atoms with Crippen molar-refractivity contribution in [2.24, 2.45) is 7.05 Å². The third-order valence-electron chi connectivity index (χ3n) is 2.56. The summed E-state index contributed by atoms with van der Waals surface area (Å²) in [7, 11) is 1.98. The van der Waals surface area contributed by atoms with Crippen LogP contribution in [-0.2, 0) is 7.05 Å². The van der Waals surface area contributed by atoms with Gasteiger partial charge >= 0.3 is 0 Å². The molecule has 1 aromatic heterocycles. The van der Waals surface area contributed by atoms with E-state index in [-0.39, 0.29) is 0 Å². The molecule has 0 atom stereocenters. The highest BCUT2D eigenvalue weighted by molar-refractivity contribution is 6.37. The molecule has 2 aromatic rings. The van der Waals surface area contributed by atoms with Crippen molar-refractivity contribution in [2.75, 3.05) is 0 Å². The summed E-state index contributed by atoms with van der Waals surface area (Å²) in [6.07, 6.45) is 0.782. The summed E-state index contributed by atoms with van der Waals surface area (Å²) in [5.41, 5.74) is 2.73. The number of carbonyl (C=O) groups excluding carboxylic acids is 1. The Kier molecular flexibility index (Phi) is 2.08. The van der Waals surface area contributed by atoms with E-state index in [9.17, 15) is 4.79 Å². The molecule has 0 amide bonds. The highest BCUT2D eigenvalue weighted by atomic mass is 35.5. The molecule has 0 bridgehead atoms. The maximum absolute atomic E-state index is 10.7. The van der Waals surface area contributed by atoms with Crippen molar-refractivity contribution in [1.29, 1.82) is 0 Å². The Bertz CT molecular complexity index is 513. The fourth-order valence-electron chi connectivity index (χ4n) is 1.62. The van der Waals surface area contributed by atoms with Gasteiger partial charge in [-0.3, -0.25) is 4.79 Å². The van der Waals surface area contributed by atoms with Crippen LogP contribution in [0.1, 0.15) is 16.1 Å². The van der Waals surface area contributed by atoms with Crippen LogP contribution >= 0.6 is 11.6 Å². The molecule has 1 aromatic carbocycles. The molecule has 0 aliphatic heterocycles. The minimum absolute atomic E-state index is 0.543. The molecular weight excluding hydrogens is 198 g/mol. The van der Waals surface area contributed by atoms with Gasteiger partial charge < -0.3 is 4.57 Å². The number of carbonyl (C=O) groups is 1. The number of rotatable bonds is 1.